The van der Waals surface area contributed by atoms with Crippen LogP contribution in [0.25, 0.3) is 0 Å². The molecule has 1 atom stereocenters. The van der Waals surface area contributed by atoms with Gasteiger partial charge in [-0.05, 0) is 24.1 Å². The van der Waals surface area contributed by atoms with Crippen LogP contribution in [-0.4, -0.2) is 12.3 Å². The molecule has 0 aliphatic rings. The van der Waals surface area contributed by atoms with Crippen LogP contribution < -0.4 is 5.73 Å². The lowest BCUT2D eigenvalue weighted by Gasteiger charge is -2.03. The number of nitriles is 1. The number of nitrogens with two attached hydrogens (primary N) is 1. The molecule has 0 saturated carbocycles. The van der Waals surface area contributed by atoms with E-state index in [1.54, 1.807) is 18.2 Å². The van der Waals surface area contributed by atoms with Gasteiger partial charge < -0.3 is 10.5 Å². The molecular weight excluding hydrogens is 164 g/mol. The summed E-state index contributed by atoms with van der Waals surface area (Å²) in [6.45, 7) is 0. The van der Waals surface area contributed by atoms with E-state index in [9.17, 15) is 4.79 Å². The number of carbonyl (C=O) groups is 1. The number of benzene rings is 1. The summed E-state index contributed by atoms with van der Waals surface area (Å²) in [7, 11) is 0. The summed E-state index contributed by atoms with van der Waals surface area (Å²) in [4.78, 5) is 10.3. The number of aldehydes is 1. The zero-order chi connectivity index (χ0) is 9.68. The summed E-state index contributed by atoms with van der Waals surface area (Å²) in [6.07, 6.45) is 1.19. The number of carbonyl (C=O) groups excluding carboxylic acids is 1. The van der Waals surface area contributed by atoms with Crippen LogP contribution in [0.3, 0.4) is 0 Å². The summed E-state index contributed by atoms with van der Waals surface area (Å²) in [5.41, 5.74) is 6.95. The molecule has 0 amide bonds. The van der Waals surface area contributed by atoms with E-state index in [1.807, 2.05) is 12.1 Å². The molecule has 0 aromatic heterocycles. The zero-order valence-electron chi connectivity index (χ0n) is 7.10. The quantitative estimate of drug-likeness (QED) is 0.683. The van der Waals surface area contributed by atoms with Crippen LogP contribution >= 0.6 is 0 Å². The largest absolute Gasteiger partial charge is 0.321 e. The van der Waals surface area contributed by atoms with E-state index in [1.165, 1.54) is 0 Å². The second-order valence-electron chi connectivity index (χ2n) is 2.82. The maximum absolute atomic E-state index is 10.3. The Labute approximate surface area is 76.8 Å². The Bertz CT molecular complexity index is 341. The molecule has 3 heteroatoms. The third-order valence-corrected chi connectivity index (χ3v) is 1.70. The lowest BCUT2D eigenvalue weighted by Crippen LogP contribution is -2.24. The van der Waals surface area contributed by atoms with E-state index < -0.39 is 6.04 Å². The summed E-state index contributed by atoms with van der Waals surface area (Å²) in [5.74, 6) is 0. The van der Waals surface area contributed by atoms with Crippen LogP contribution in [-0.2, 0) is 11.2 Å². The van der Waals surface area contributed by atoms with Gasteiger partial charge >= 0.3 is 0 Å². The predicted molar refractivity (Wildman–Crippen MR) is 48.9 cm³/mol. The van der Waals surface area contributed by atoms with Crippen molar-refractivity contribution in [2.24, 2.45) is 5.73 Å². The van der Waals surface area contributed by atoms with Crippen molar-refractivity contribution in [2.75, 3.05) is 0 Å². The van der Waals surface area contributed by atoms with Gasteiger partial charge in [-0.3, -0.25) is 0 Å². The van der Waals surface area contributed by atoms with Gasteiger partial charge in [-0.1, -0.05) is 12.1 Å². The fourth-order valence-electron chi connectivity index (χ4n) is 1.09. The van der Waals surface area contributed by atoms with Crippen molar-refractivity contribution in [3.05, 3.63) is 35.4 Å². The highest BCUT2D eigenvalue weighted by molar-refractivity contribution is 5.58. The van der Waals surface area contributed by atoms with E-state index >= 15 is 0 Å². The fourth-order valence-corrected chi connectivity index (χ4v) is 1.09. The Balaban J connectivity index is 2.78. The second-order valence-corrected chi connectivity index (χ2v) is 2.82. The minimum absolute atomic E-state index is 0.478. The van der Waals surface area contributed by atoms with Gasteiger partial charge in [-0.15, -0.1) is 0 Å². The standard InChI is InChI=1S/C10H10N2O/c11-6-9-3-1-2-8(4-9)5-10(12)7-13/h1-4,7,10H,5,12H2/t10-/m1/s1. The highest BCUT2D eigenvalue weighted by Crippen LogP contribution is 2.05. The number of rotatable bonds is 3. The van der Waals surface area contributed by atoms with E-state index in [2.05, 4.69) is 0 Å². The van der Waals surface area contributed by atoms with Gasteiger partial charge in [0, 0.05) is 0 Å². The molecule has 13 heavy (non-hydrogen) atoms. The number of hydrogen-bond donors (Lipinski definition) is 1. The summed E-state index contributed by atoms with van der Waals surface area (Å²) in [5, 5.41) is 8.60. The maximum Gasteiger partial charge on any atom is 0.137 e. The Morgan fingerprint density at radius 2 is 2.38 bits per heavy atom. The topological polar surface area (TPSA) is 66.9 Å². The van der Waals surface area contributed by atoms with E-state index in [4.69, 9.17) is 11.0 Å². The molecule has 0 aliphatic heterocycles. The van der Waals surface area contributed by atoms with Gasteiger partial charge in [0.1, 0.15) is 6.29 Å². The van der Waals surface area contributed by atoms with Gasteiger partial charge in [-0.2, -0.15) is 5.26 Å². The van der Waals surface area contributed by atoms with Crippen LogP contribution in [0.5, 0.6) is 0 Å². The van der Waals surface area contributed by atoms with Gasteiger partial charge in [0.05, 0.1) is 17.7 Å². The molecule has 0 spiro atoms. The van der Waals surface area contributed by atoms with Gasteiger partial charge in [0.2, 0.25) is 0 Å². The van der Waals surface area contributed by atoms with E-state index in [-0.39, 0.29) is 0 Å². The minimum atomic E-state index is -0.478. The third kappa shape index (κ3) is 2.69. The third-order valence-electron chi connectivity index (χ3n) is 1.70. The average molecular weight is 174 g/mol. The highest BCUT2D eigenvalue weighted by Gasteiger charge is 2.02. The zero-order valence-corrected chi connectivity index (χ0v) is 7.10. The highest BCUT2D eigenvalue weighted by atomic mass is 16.1. The fraction of sp³-hybridized carbons (Fsp3) is 0.200. The minimum Gasteiger partial charge on any atom is -0.321 e. The first-order valence-corrected chi connectivity index (χ1v) is 3.96. The normalized spacial score (nSPS) is 11.7. The SMILES string of the molecule is N#Cc1cccc(C[C@@H](N)C=O)c1. The predicted octanol–water partition coefficient (Wildman–Crippen LogP) is 0.627. The molecule has 1 aromatic rings. The lowest BCUT2D eigenvalue weighted by atomic mass is 10.1. The lowest BCUT2D eigenvalue weighted by molar-refractivity contribution is -0.108. The van der Waals surface area contributed by atoms with Gasteiger partial charge in [0.25, 0.3) is 0 Å². The first-order valence-electron chi connectivity index (χ1n) is 3.96. The van der Waals surface area contributed by atoms with Gasteiger partial charge in [0.15, 0.2) is 0 Å². The van der Waals surface area contributed by atoms with Crippen molar-refractivity contribution in [3.8, 4) is 6.07 Å². The van der Waals surface area contributed by atoms with Crippen LogP contribution in [0.4, 0.5) is 0 Å². The Kier molecular flexibility index (Phi) is 3.18. The molecule has 3 nitrogen and oxygen atoms in total. The molecule has 0 unspecified atom stereocenters. The molecule has 0 aliphatic carbocycles. The van der Waals surface area contributed by atoms with Crippen LogP contribution in [0.2, 0.25) is 0 Å². The van der Waals surface area contributed by atoms with Crippen LogP contribution in [0.15, 0.2) is 24.3 Å². The summed E-state index contributed by atoms with van der Waals surface area (Å²) in [6, 6.07) is 8.64. The first-order chi connectivity index (χ1) is 6.26. The summed E-state index contributed by atoms with van der Waals surface area (Å²) >= 11 is 0. The van der Waals surface area contributed by atoms with Crippen molar-refractivity contribution in [3.63, 3.8) is 0 Å². The maximum atomic E-state index is 10.3. The number of hydrogen-bond acceptors (Lipinski definition) is 3. The average Bonchev–Trinajstić information content (AvgIpc) is 2.18. The van der Waals surface area contributed by atoms with Crippen molar-refractivity contribution in [2.45, 2.75) is 12.5 Å². The van der Waals surface area contributed by atoms with E-state index in [0.717, 1.165) is 5.56 Å². The Morgan fingerprint density at radius 3 is 3.00 bits per heavy atom. The molecule has 66 valence electrons. The molecule has 2 N–H and O–H groups in total. The van der Waals surface area contributed by atoms with Gasteiger partial charge in [-0.25, -0.2) is 0 Å². The Morgan fingerprint density at radius 1 is 1.62 bits per heavy atom. The van der Waals surface area contributed by atoms with Crippen molar-refractivity contribution >= 4 is 6.29 Å². The second kappa shape index (κ2) is 4.39. The molecule has 0 bridgehead atoms. The Hall–Kier alpha value is -1.66. The smallest absolute Gasteiger partial charge is 0.137 e. The number of nitrogens with zero attached hydrogens (tertiary/aromatic N) is 1. The first kappa shape index (κ1) is 9.43. The van der Waals surface area contributed by atoms with Crippen LogP contribution in [0, 0.1) is 11.3 Å². The molecule has 0 fully saturated rings. The van der Waals surface area contributed by atoms with E-state index in [0.29, 0.717) is 18.3 Å². The van der Waals surface area contributed by atoms with Crippen LogP contribution in [0.1, 0.15) is 11.1 Å². The summed E-state index contributed by atoms with van der Waals surface area (Å²) < 4.78 is 0. The van der Waals surface area contributed by atoms with Crippen molar-refractivity contribution in [1.82, 2.24) is 0 Å². The molecule has 0 heterocycles. The molecule has 0 saturated heterocycles. The van der Waals surface area contributed by atoms with Crippen molar-refractivity contribution < 1.29 is 4.79 Å². The molecular formula is C10H10N2O. The monoisotopic (exact) mass is 174 g/mol. The van der Waals surface area contributed by atoms with Crippen molar-refractivity contribution in [1.29, 1.82) is 5.26 Å². The molecule has 1 rings (SSSR count). The molecule has 0 radical (unpaired) electrons. The molecule has 1 aromatic carbocycles.